The molecule has 1 aromatic carbocycles. The van der Waals surface area contributed by atoms with E-state index in [1.54, 1.807) is 12.1 Å². The molecule has 1 aromatic heterocycles. The molecule has 2 N–H and O–H groups in total. The predicted molar refractivity (Wildman–Crippen MR) is 78.4 cm³/mol. The van der Waals surface area contributed by atoms with Gasteiger partial charge >= 0.3 is 0 Å². The molecular weight excluding hydrogens is 258 g/mol. The molecule has 0 bridgehead atoms. The molecule has 0 radical (unpaired) electrons. The van der Waals surface area contributed by atoms with E-state index in [0.29, 0.717) is 11.4 Å². The molecule has 0 amide bonds. The van der Waals surface area contributed by atoms with Crippen molar-refractivity contribution < 1.29 is 4.55 Å². The molecule has 5 heteroatoms. The Bertz CT molecular complexity index is 510. The van der Waals surface area contributed by atoms with Crippen molar-refractivity contribution in [3.05, 3.63) is 42.5 Å². The molecule has 102 valence electrons. The maximum absolute atomic E-state index is 12.2. The standard InChI is InChI=1S/C14H19N3OS/c1-2-8-17-11-16-10-13(17)7-9-19(18)14-5-3-12(15)4-6-14/h3-6,10-11H,2,7-9,15H2,1H3/t19-/m0/s1. The highest BCUT2D eigenvalue weighted by molar-refractivity contribution is 7.91. The third kappa shape index (κ3) is 3.75. The van der Waals surface area contributed by atoms with E-state index in [4.69, 9.17) is 5.73 Å². The normalized spacial score (nSPS) is 12.5. The molecule has 4 nitrogen and oxygen atoms in total. The van der Waals surface area contributed by atoms with Crippen molar-refractivity contribution >= 4 is 16.9 Å². The van der Waals surface area contributed by atoms with Gasteiger partial charge in [0.1, 0.15) is 5.75 Å². The van der Waals surface area contributed by atoms with Gasteiger partial charge in [-0.25, -0.2) is 4.98 Å². The van der Waals surface area contributed by atoms with E-state index in [1.165, 1.54) is 0 Å². The molecule has 1 atom stereocenters. The number of nitrogens with zero attached hydrogens (tertiary/aromatic N) is 2. The fraction of sp³-hybridized carbons (Fsp3) is 0.357. The van der Waals surface area contributed by atoms with E-state index in [1.807, 2.05) is 24.7 Å². The van der Waals surface area contributed by atoms with Crippen LogP contribution in [-0.2, 0) is 24.1 Å². The highest BCUT2D eigenvalue weighted by Gasteiger charge is 2.12. The van der Waals surface area contributed by atoms with Gasteiger partial charge in [0, 0.05) is 30.5 Å². The number of anilines is 1. The summed E-state index contributed by atoms with van der Waals surface area (Å²) in [5, 5.41) is 0. The van der Waals surface area contributed by atoms with Crippen LogP contribution in [0.1, 0.15) is 19.0 Å². The third-order valence-electron chi connectivity index (χ3n) is 2.95. The monoisotopic (exact) mass is 277 g/mol. The highest BCUT2D eigenvalue weighted by Crippen LogP contribution is 2.15. The molecule has 19 heavy (non-hydrogen) atoms. The molecule has 0 aliphatic carbocycles. The van der Waals surface area contributed by atoms with Crippen LogP contribution in [0.4, 0.5) is 5.69 Å². The van der Waals surface area contributed by atoms with Gasteiger partial charge in [0.05, 0.1) is 6.33 Å². The molecule has 0 aliphatic rings. The van der Waals surface area contributed by atoms with E-state index in [-0.39, 0.29) is 0 Å². The second kappa shape index (κ2) is 6.63. The summed E-state index contributed by atoms with van der Waals surface area (Å²) < 4.78 is 14.3. The van der Waals surface area contributed by atoms with Gasteiger partial charge in [-0.2, -0.15) is 0 Å². The number of nitrogens with two attached hydrogens (primary N) is 1. The second-order valence-electron chi connectivity index (χ2n) is 4.45. The molecule has 0 saturated heterocycles. The predicted octanol–water partition coefficient (Wildman–Crippen LogP) is 2.23. The summed E-state index contributed by atoms with van der Waals surface area (Å²) in [6.07, 6.45) is 5.54. The first-order chi connectivity index (χ1) is 9.20. The summed E-state index contributed by atoms with van der Waals surface area (Å²) in [6.45, 7) is 3.10. The molecule has 0 aliphatic heterocycles. The molecule has 2 rings (SSSR count). The Balaban J connectivity index is 1.94. The molecule has 1 heterocycles. The van der Waals surface area contributed by atoms with Crippen LogP contribution in [0.5, 0.6) is 0 Å². The van der Waals surface area contributed by atoms with Crippen molar-refractivity contribution in [1.29, 1.82) is 0 Å². The number of nitrogen functional groups attached to an aromatic ring is 1. The third-order valence-corrected chi connectivity index (χ3v) is 4.32. The number of hydrogen-bond donors (Lipinski definition) is 1. The van der Waals surface area contributed by atoms with Crippen LogP contribution in [-0.4, -0.2) is 19.9 Å². The van der Waals surface area contributed by atoms with E-state index in [2.05, 4.69) is 16.5 Å². The minimum absolute atomic E-state index is 0.610. The average molecular weight is 277 g/mol. The van der Waals surface area contributed by atoms with E-state index >= 15 is 0 Å². The number of rotatable bonds is 6. The first-order valence-corrected chi connectivity index (χ1v) is 7.75. The molecule has 0 spiro atoms. The zero-order chi connectivity index (χ0) is 13.7. The van der Waals surface area contributed by atoms with Crippen molar-refractivity contribution in [1.82, 2.24) is 9.55 Å². The molecule has 0 saturated carbocycles. The van der Waals surface area contributed by atoms with Crippen LogP contribution in [0.15, 0.2) is 41.7 Å². The molecule has 2 aromatic rings. The van der Waals surface area contributed by atoms with Crippen molar-refractivity contribution in [2.45, 2.75) is 31.2 Å². The lowest BCUT2D eigenvalue weighted by Crippen LogP contribution is -2.12. The fourth-order valence-electron chi connectivity index (χ4n) is 1.93. The maximum Gasteiger partial charge on any atom is 0.152 e. The fourth-order valence-corrected chi connectivity index (χ4v) is 3.00. The van der Waals surface area contributed by atoms with Crippen molar-refractivity contribution in [3.63, 3.8) is 0 Å². The summed E-state index contributed by atoms with van der Waals surface area (Å²) >= 11 is -0.985. The number of benzene rings is 1. The summed E-state index contributed by atoms with van der Waals surface area (Å²) in [7, 11) is 0. The van der Waals surface area contributed by atoms with E-state index in [0.717, 1.165) is 30.0 Å². The van der Waals surface area contributed by atoms with Crippen molar-refractivity contribution in [2.24, 2.45) is 0 Å². The van der Waals surface area contributed by atoms with Gasteiger partial charge in [0.25, 0.3) is 0 Å². The number of aromatic nitrogens is 2. The molecule has 0 fully saturated rings. The van der Waals surface area contributed by atoms with Crippen molar-refractivity contribution in [3.8, 4) is 0 Å². The first kappa shape index (κ1) is 14.0. The second-order valence-corrected chi connectivity index (χ2v) is 6.02. The molecular formula is C14H19N3OS. The average Bonchev–Trinajstić information content (AvgIpc) is 2.85. The van der Waals surface area contributed by atoms with Crippen LogP contribution in [0.25, 0.3) is 0 Å². The zero-order valence-electron chi connectivity index (χ0n) is 11.1. The summed E-state index contributed by atoms with van der Waals surface area (Å²) in [5.74, 6) is 0.610. The maximum atomic E-state index is 12.2. The van der Waals surface area contributed by atoms with E-state index < -0.39 is 11.2 Å². The van der Waals surface area contributed by atoms with Gasteiger partial charge in [0.2, 0.25) is 0 Å². The largest absolute Gasteiger partial charge is 0.611 e. The lowest BCUT2D eigenvalue weighted by Gasteiger charge is -2.11. The van der Waals surface area contributed by atoms with Crippen molar-refractivity contribution in [2.75, 3.05) is 11.5 Å². The zero-order valence-corrected chi connectivity index (χ0v) is 11.9. The Labute approximate surface area is 116 Å². The van der Waals surface area contributed by atoms with Gasteiger partial charge in [-0.1, -0.05) is 6.92 Å². The number of aryl methyl sites for hydroxylation is 2. The Morgan fingerprint density at radius 3 is 2.74 bits per heavy atom. The summed E-state index contributed by atoms with van der Waals surface area (Å²) in [6, 6.07) is 7.23. The minimum Gasteiger partial charge on any atom is -0.611 e. The van der Waals surface area contributed by atoms with Crippen LogP contribution in [0.2, 0.25) is 0 Å². The Morgan fingerprint density at radius 2 is 2.05 bits per heavy atom. The molecule has 0 unspecified atom stereocenters. The Kier molecular flexibility index (Phi) is 4.87. The SMILES string of the molecule is CCCn1cncc1CC[S@+]([O-])c1ccc(N)cc1. The van der Waals surface area contributed by atoms with Crippen LogP contribution in [0, 0.1) is 0 Å². The van der Waals surface area contributed by atoms with Gasteiger partial charge in [-0.15, -0.1) is 0 Å². The van der Waals surface area contributed by atoms with Crippen LogP contribution in [0.3, 0.4) is 0 Å². The minimum atomic E-state index is -0.985. The smallest absolute Gasteiger partial charge is 0.152 e. The van der Waals surface area contributed by atoms with Gasteiger partial charge in [0.15, 0.2) is 4.90 Å². The Hall–Kier alpha value is -1.46. The lowest BCUT2D eigenvalue weighted by atomic mass is 10.3. The van der Waals surface area contributed by atoms with Crippen LogP contribution >= 0.6 is 0 Å². The van der Waals surface area contributed by atoms with Gasteiger partial charge < -0.3 is 14.9 Å². The van der Waals surface area contributed by atoms with Gasteiger partial charge in [-0.05, 0) is 41.9 Å². The lowest BCUT2D eigenvalue weighted by molar-refractivity contribution is 0.591. The summed E-state index contributed by atoms with van der Waals surface area (Å²) in [4.78, 5) is 4.98. The Morgan fingerprint density at radius 1 is 1.32 bits per heavy atom. The quantitative estimate of drug-likeness (QED) is 0.650. The first-order valence-electron chi connectivity index (χ1n) is 6.43. The topological polar surface area (TPSA) is 66.9 Å². The van der Waals surface area contributed by atoms with E-state index in [9.17, 15) is 4.55 Å². The highest BCUT2D eigenvalue weighted by atomic mass is 32.2. The van der Waals surface area contributed by atoms with Crippen LogP contribution < -0.4 is 5.73 Å². The van der Waals surface area contributed by atoms with Gasteiger partial charge in [-0.3, -0.25) is 0 Å². The number of hydrogen-bond acceptors (Lipinski definition) is 3. The summed E-state index contributed by atoms with van der Waals surface area (Å²) in [5.41, 5.74) is 7.46. The number of imidazole rings is 1.